The summed E-state index contributed by atoms with van der Waals surface area (Å²) in [5.74, 6) is -0.161. The van der Waals surface area contributed by atoms with Gasteiger partial charge in [-0.1, -0.05) is 0 Å². The molecule has 1 aliphatic heterocycles. The van der Waals surface area contributed by atoms with Crippen LogP contribution in [-0.4, -0.2) is 12.4 Å². The molecule has 2 rings (SSSR count). The van der Waals surface area contributed by atoms with E-state index >= 15 is 0 Å². The van der Waals surface area contributed by atoms with E-state index < -0.39 is 5.82 Å². The van der Waals surface area contributed by atoms with Crippen molar-refractivity contribution in [3.63, 3.8) is 0 Å². The molecule has 62 valence electrons. The highest BCUT2D eigenvalue weighted by Gasteiger charge is 2.24. The fraction of sp³-hybridized carbons (Fsp3) is 0.125. The molecule has 0 atom stereocenters. The second-order valence-corrected chi connectivity index (χ2v) is 3.33. The van der Waals surface area contributed by atoms with E-state index in [1.54, 1.807) is 0 Å². The number of halogens is 2. The summed E-state index contributed by atoms with van der Waals surface area (Å²) in [6, 6.07) is 2.47. The van der Waals surface area contributed by atoms with Gasteiger partial charge in [0.2, 0.25) is 5.78 Å². The summed E-state index contributed by atoms with van der Waals surface area (Å²) in [7, 11) is 0. The minimum absolute atomic E-state index is 0.0113. The van der Waals surface area contributed by atoms with Gasteiger partial charge < -0.3 is 4.74 Å². The molecule has 1 aromatic rings. The largest absolute Gasteiger partial charge is 0.483 e. The molecule has 0 aromatic heterocycles. The number of ether oxygens (including phenoxy) is 1. The zero-order valence-corrected chi connectivity index (χ0v) is 7.52. The first-order valence-electron chi connectivity index (χ1n) is 3.33. The molecule has 4 heteroatoms. The quantitative estimate of drug-likeness (QED) is 0.683. The summed E-state index contributed by atoms with van der Waals surface area (Å²) in [5, 5.41) is 0. The minimum Gasteiger partial charge on any atom is -0.483 e. The molecule has 1 heterocycles. The summed E-state index contributed by atoms with van der Waals surface area (Å²) in [6.07, 6.45) is 0. The molecule has 0 amide bonds. The standard InChI is InChI=1S/C8H4BrFO2/c9-6-2-4(10)1-5-7(11)3-12-8(5)6/h1-2H,3H2. The Bertz CT molecular complexity index is 362. The minimum atomic E-state index is -0.431. The number of benzene rings is 1. The lowest BCUT2D eigenvalue weighted by Gasteiger charge is -1.99. The van der Waals surface area contributed by atoms with Crippen molar-refractivity contribution in [2.75, 3.05) is 6.61 Å². The molecule has 0 saturated carbocycles. The Balaban J connectivity index is 2.68. The van der Waals surface area contributed by atoms with Gasteiger partial charge in [-0.25, -0.2) is 4.39 Å². The lowest BCUT2D eigenvalue weighted by Crippen LogP contribution is -1.98. The van der Waals surface area contributed by atoms with Crippen molar-refractivity contribution in [2.24, 2.45) is 0 Å². The van der Waals surface area contributed by atoms with Crippen LogP contribution in [0.25, 0.3) is 0 Å². The summed E-state index contributed by atoms with van der Waals surface area (Å²) in [4.78, 5) is 11.1. The fourth-order valence-corrected chi connectivity index (χ4v) is 1.68. The van der Waals surface area contributed by atoms with E-state index in [2.05, 4.69) is 15.9 Å². The number of rotatable bonds is 0. The molecule has 0 unspecified atom stereocenters. The highest BCUT2D eigenvalue weighted by molar-refractivity contribution is 9.10. The third-order valence-corrected chi connectivity index (χ3v) is 2.25. The van der Waals surface area contributed by atoms with E-state index in [9.17, 15) is 9.18 Å². The van der Waals surface area contributed by atoms with Crippen LogP contribution in [0.1, 0.15) is 10.4 Å². The van der Waals surface area contributed by atoms with Gasteiger partial charge in [-0.05, 0) is 28.1 Å². The van der Waals surface area contributed by atoms with Crippen LogP contribution in [0.3, 0.4) is 0 Å². The first kappa shape index (κ1) is 7.73. The summed E-state index contributed by atoms with van der Waals surface area (Å²) in [6.45, 7) is 0.0113. The molecule has 1 aliphatic rings. The zero-order chi connectivity index (χ0) is 8.72. The normalized spacial score (nSPS) is 14.3. The molecule has 0 saturated heterocycles. The van der Waals surface area contributed by atoms with E-state index in [0.29, 0.717) is 15.8 Å². The van der Waals surface area contributed by atoms with Crippen molar-refractivity contribution in [1.82, 2.24) is 0 Å². The Kier molecular flexibility index (Phi) is 1.65. The van der Waals surface area contributed by atoms with Gasteiger partial charge in [0.25, 0.3) is 0 Å². The third kappa shape index (κ3) is 1.03. The number of carbonyl (C=O) groups is 1. The molecule has 0 spiro atoms. The molecule has 0 radical (unpaired) electrons. The molecule has 2 nitrogen and oxygen atoms in total. The second-order valence-electron chi connectivity index (χ2n) is 2.48. The van der Waals surface area contributed by atoms with Crippen LogP contribution in [0, 0.1) is 5.82 Å². The van der Waals surface area contributed by atoms with E-state index in [1.165, 1.54) is 12.1 Å². The molecular weight excluding hydrogens is 227 g/mol. The fourth-order valence-electron chi connectivity index (χ4n) is 1.13. The number of hydrogen-bond donors (Lipinski definition) is 0. The Morgan fingerprint density at radius 3 is 3.00 bits per heavy atom. The maximum Gasteiger partial charge on any atom is 0.204 e. The highest BCUT2D eigenvalue weighted by Crippen LogP contribution is 2.34. The first-order valence-corrected chi connectivity index (χ1v) is 4.13. The number of fused-ring (bicyclic) bond motifs is 1. The van der Waals surface area contributed by atoms with Crippen LogP contribution in [0.4, 0.5) is 4.39 Å². The Morgan fingerprint density at radius 2 is 2.25 bits per heavy atom. The maximum atomic E-state index is 12.8. The first-order chi connectivity index (χ1) is 5.68. The van der Waals surface area contributed by atoms with Gasteiger partial charge in [-0.3, -0.25) is 4.79 Å². The Morgan fingerprint density at radius 1 is 1.50 bits per heavy atom. The predicted octanol–water partition coefficient (Wildman–Crippen LogP) is 2.16. The van der Waals surface area contributed by atoms with Crippen molar-refractivity contribution in [3.05, 3.63) is 28.0 Å². The topological polar surface area (TPSA) is 26.3 Å². The smallest absolute Gasteiger partial charge is 0.204 e. The average molecular weight is 231 g/mol. The van der Waals surface area contributed by atoms with Gasteiger partial charge in [0.15, 0.2) is 6.61 Å². The molecule has 0 bridgehead atoms. The zero-order valence-electron chi connectivity index (χ0n) is 5.93. The monoisotopic (exact) mass is 230 g/mol. The van der Waals surface area contributed by atoms with Crippen LogP contribution >= 0.6 is 15.9 Å². The maximum absolute atomic E-state index is 12.8. The lowest BCUT2D eigenvalue weighted by molar-refractivity contribution is 0.0961. The Hall–Kier alpha value is -0.900. The van der Waals surface area contributed by atoms with Crippen molar-refractivity contribution >= 4 is 21.7 Å². The number of ketones is 1. The predicted molar refractivity (Wildman–Crippen MR) is 43.9 cm³/mol. The van der Waals surface area contributed by atoms with Gasteiger partial charge in [0.05, 0.1) is 10.0 Å². The average Bonchev–Trinajstić information content (AvgIpc) is 2.33. The SMILES string of the molecule is O=C1COc2c(Br)cc(F)cc21. The number of carbonyl (C=O) groups excluding carboxylic acids is 1. The molecule has 0 aliphatic carbocycles. The lowest BCUT2D eigenvalue weighted by atomic mass is 10.1. The van der Waals surface area contributed by atoms with Crippen LogP contribution in [0.2, 0.25) is 0 Å². The van der Waals surface area contributed by atoms with Crippen LogP contribution in [0.15, 0.2) is 16.6 Å². The third-order valence-electron chi connectivity index (χ3n) is 1.66. The van der Waals surface area contributed by atoms with Crippen LogP contribution in [0.5, 0.6) is 5.75 Å². The van der Waals surface area contributed by atoms with Gasteiger partial charge in [0.1, 0.15) is 11.6 Å². The van der Waals surface area contributed by atoms with Crippen molar-refractivity contribution in [2.45, 2.75) is 0 Å². The molecule has 1 aromatic carbocycles. The molecule has 12 heavy (non-hydrogen) atoms. The summed E-state index contributed by atoms with van der Waals surface area (Å²) >= 11 is 3.11. The molecule has 0 fully saturated rings. The molecule has 0 N–H and O–H groups in total. The van der Waals surface area contributed by atoms with Crippen molar-refractivity contribution in [1.29, 1.82) is 0 Å². The second kappa shape index (κ2) is 2.55. The highest BCUT2D eigenvalue weighted by atomic mass is 79.9. The van der Waals surface area contributed by atoms with Crippen molar-refractivity contribution in [3.8, 4) is 5.75 Å². The summed E-state index contributed by atoms with van der Waals surface area (Å²) < 4.78 is 18.3. The van der Waals surface area contributed by atoms with E-state index in [-0.39, 0.29) is 12.4 Å². The number of hydrogen-bond acceptors (Lipinski definition) is 2. The van der Waals surface area contributed by atoms with Crippen LogP contribution in [-0.2, 0) is 0 Å². The van der Waals surface area contributed by atoms with Gasteiger partial charge in [-0.2, -0.15) is 0 Å². The van der Waals surface area contributed by atoms with E-state index in [0.717, 1.165) is 0 Å². The van der Waals surface area contributed by atoms with E-state index in [4.69, 9.17) is 4.74 Å². The summed E-state index contributed by atoms with van der Waals surface area (Å²) in [5.41, 5.74) is 0.321. The number of Topliss-reactive ketones (excluding diaryl/α,β-unsaturated/α-hetero) is 1. The molecular formula is C8H4BrFO2. The van der Waals surface area contributed by atoms with Gasteiger partial charge >= 0.3 is 0 Å². The Labute approximate surface area is 76.5 Å². The van der Waals surface area contributed by atoms with Gasteiger partial charge in [-0.15, -0.1) is 0 Å². The van der Waals surface area contributed by atoms with Crippen molar-refractivity contribution < 1.29 is 13.9 Å². The van der Waals surface area contributed by atoms with Crippen LogP contribution < -0.4 is 4.74 Å². The van der Waals surface area contributed by atoms with Gasteiger partial charge in [0, 0.05) is 0 Å². The van der Waals surface area contributed by atoms with E-state index in [1.807, 2.05) is 0 Å².